The number of hydrogen-bond donors (Lipinski definition) is 2. The highest BCUT2D eigenvalue weighted by Gasteiger charge is 2.27. The summed E-state index contributed by atoms with van der Waals surface area (Å²) in [6.07, 6.45) is 0.605. The predicted octanol–water partition coefficient (Wildman–Crippen LogP) is 2.18. The SMILES string of the molecule is CCCOc1cccc(-c2c(S(N)(=O)=O)cccc2S(=O)(=O)O)c1F. The molecule has 2 rings (SSSR count). The molecule has 0 heterocycles. The minimum absolute atomic E-state index is 0.176. The van der Waals surface area contributed by atoms with Crippen LogP contribution in [0, 0.1) is 5.82 Å². The van der Waals surface area contributed by atoms with E-state index in [9.17, 15) is 25.8 Å². The van der Waals surface area contributed by atoms with Gasteiger partial charge in [0.25, 0.3) is 10.1 Å². The van der Waals surface area contributed by atoms with Crippen LogP contribution in [0.25, 0.3) is 11.1 Å². The number of benzene rings is 2. The van der Waals surface area contributed by atoms with Gasteiger partial charge >= 0.3 is 0 Å². The Balaban J connectivity index is 2.87. The summed E-state index contributed by atoms with van der Waals surface area (Å²) in [6, 6.07) is 6.93. The van der Waals surface area contributed by atoms with Gasteiger partial charge in [-0.1, -0.05) is 25.1 Å². The second kappa shape index (κ2) is 7.08. The largest absolute Gasteiger partial charge is 0.491 e. The highest BCUT2D eigenvalue weighted by molar-refractivity contribution is 7.89. The molecule has 136 valence electrons. The lowest BCUT2D eigenvalue weighted by molar-refractivity contribution is 0.302. The molecule has 0 aliphatic carbocycles. The zero-order valence-corrected chi connectivity index (χ0v) is 14.8. The van der Waals surface area contributed by atoms with Gasteiger partial charge in [0.15, 0.2) is 11.6 Å². The Kier molecular flexibility index (Phi) is 5.47. The molecule has 2 aromatic rings. The fourth-order valence-electron chi connectivity index (χ4n) is 2.26. The Bertz CT molecular complexity index is 952. The lowest BCUT2D eigenvalue weighted by atomic mass is 10.0. The lowest BCUT2D eigenvalue weighted by Crippen LogP contribution is -2.15. The first-order valence-electron chi connectivity index (χ1n) is 7.12. The molecule has 0 atom stereocenters. The average molecular weight is 389 g/mol. The van der Waals surface area contributed by atoms with Gasteiger partial charge < -0.3 is 4.74 Å². The topological polar surface area (TPSA) is 124 Å². The van der Waals surface area contributed by atoms with Gasteiger partial charge in [-0.25, -0.2) is 17.9 Å². The van der Waals surface area contributed by atoms with Gasteiger partial charge in [-0.3, -0.25) is 4.55 Å². The Hall–Kier alpha value is -2.01. The zero-order chi connectivity index (χ0) is 18.8. The molecule has 2 aromatic carbocycles. The molecule has 0 aliphatic rings. The van der Waals surface area contributed by atoms with Crippen LogP contribution in [0.5, 0.6) is 5.75 Å². The van der Waals surface area contributed by atoms with Crippen molar-refractivity contribution in [3.05, 3.63) is 42.2 Å². The second-order valence-electron chi connectivity index (χ2n) is 5.12. The summed E-state index contributed by atoms with van der Waals surface area (Å²) in [5.41, 5.74) is -0.919. The molecule has 0 saturated heterocycles. The van der Waals surface area contributed by atoms with Crippen molar-refractivity contribution < 1.29 is 30.5 Å². The first kappa shape index (κ1) is 19.3. The molecule has 0 fully saturated rings. The van der Waals surface area contributed by atoms with E-state index < -0.39 is 41.3 Å². The standard InChI is InChI=1S/C15H16FNO6S2/c1-2-9-23-11-6-3-5-10(15(11)16)14-12(24(17,18)19)7-4-8-13(14)25(20,21)22/h3-8H,2,9H2,1H3,(H2,17,18,19)(H,20,21,22). The van der Waals surface area contributed by atoms with Crippen LogP contribution in [0.2, 0.25) is 0 Å². The van der Waals surface area contributed by atoms with E-state index in [0.29, 0.717) is 6.42 Å². The van der Waals surface area contributed by atoms with Gasteiger partial charge in [-0.05, 0) is 24.6 Å². The fourth-order valence-corrected chi connectivity index (χ4v) is 3.82. The Morgan fingerprint density at radius 3 is 2.24 bits per heavy atom. The monoisotopic (exact) mass is 389 g/mol. The molecule has 25 heavy (non-hydrogen) atoms. The van der Waals surface area contributed by atoms with E-state index in [0.717, 1.165) is 18.2 Å². The molecule has 3 N–H and O–H groups in total. The van der Waals surface area contributed by atoms with Crippen LogP contribution >= 0.6 is 0 Å². The van der Waals surface area contributed by atoms with Crippen LogP contribution in [-0.2, 0) is 20.1 Å². The number of primary sulfonamides is 1. The fraction of sp³-hybridized carbons (Fsp3) is 0.200. The van der Waals surface area contributed by atoms with E-state index in [-0.39, 0.29) is 17.9 Å². The molecule has 0 bridgehead atoms. The first-order chi connectivity index (χ1) is 11.6. The van der Waals surface area contributed by atoms with E-state index in [4.69, 9.17) is 9.88 Å². The van der Waals surface area contributed by atoms with Gasteiger partial charge in [-0.15, -0.1) is 0 Å². The maximum Gasteiger partial charge on any atom is 0.295 e. The molecule has 0 spiro atoms. The molecule has 0 amide bonds. The van der Waals surface area contributed by atoms with Gasteiger partial charge in [0.05, 0.1) is 11.5 Å². The first-order valence-corrected chi connectivity index (χ1v) is 10.1. The van der Waals surface area contributed by atoms with E-state index in [2.05, 4.69) is 0 Å². The summed E-state index contributed by atoms with van der Waals surface area (Å²) in [7, 11) is -9.23. The van der Waals surface area contributed by atoms with E-state index in [1.165, 1.54) is 18.2 Å². The van der Waals surface area contributed by atoms with Crippen molar-refractivity contribution in [2.24, 2.45) is 5.14 Å². The predicted molar refractivity (Wildman–Crippen MR) is 88.8 cm³/mol. The molecule has 10 heteroatoms. The Labute approximate surface area is 145 Å². The van der Waals surface area contributed by atoms with Crippen LogP contribution in [-0.4, -0.2) is 28.0 Å². The van der Waals surface area contributed by atoms with E-state index >= 15 is 0 Å². The molecular formula is C15H16FNO6S2. The summed E-state index contributed by atoms with van der Waals surface area (Å²) in [4.78, 5) is -1.40. The van der Waals surface area contributed by atoms with Gasteiger partial charge in [0, 0.05) is 11.1 Å². The Morgan fingerprint density at radius 1 is 1.08 bits per heavy atom. The van der Waals surface area contributed by atoms with Crippen molar-refractivity contribution in [2.75, 3.05) is 6.61 Å². The maximum absolute atomic E-state index is 14.8. The van der Waals surface area contributed by atoms with Crippen molar-refractivity contribution in [3.63, 3.8) is 0 Å². The van der Waals surface area contributed by atoms with E-state index in [1.807, 2.05) is 6.92 Å². The van der Waals surface area contributed by atoms with Crippen LogP contribution in [0.15, 0.2) is 46.2 Å². The average Bonchev–Trinajstić information content (AvgIpc) is 2.51. The minimum atomic E-state index is -4.84. The summed E-state index contributed by atoms with van der Waals surface area (Å²) in [5.74, 6) is -1.14. The number of halogens is 1. The molecule has 0 radical (unpaired) electrons. The van der Waals surface area contributed by atoms with Crippen molar-refractivity contribution in [1.29, 1.82) is 0 Å². The highest BCUT2D eigenvalue weighted by atomic mass is 32.2. The quantitative estimate of drug-likeness (QED) is 0.730. The van der Waals surface area contributed by atoms with Crippen LogP contribution in [0.1, 0.15) is 13.3 Å². The van der Waals surface area contributed by atoms with Gasteiger partial charge in [0.1, 0.15) is 4.90 Å². The highest BCUT2D eigenvalue weighted by Crippen LogP contribution is 2.37. The van der Waals surface area contributed by atoms with Gasteiger partial charge in [0.2, 0.25) is 10.0 Å². The molecule has 0 aromatic heterocycles. The smallest absolute Gasteiger partial charge is 0.295 e. The van der Waals surface area contributed by atoms with Crippen molar-refractivity contribution in [2.45, 2.75) is 23.1 Å². The minimum Gasteiger partial charge on any atom is -0.491 e. The van der Waals surface area contributed by atoms with E-state index in [1.54, 1.807) is 0 Å². The molecule has 7 nitrogen and oxygen atoms in total. The zero-order valence-electron chi connectivity index (χ0n) is 13.1. The summed E-state index contributed by atoms with van der Waals surface area (Å²) < 4.78 is 76.3. The van der Waals surface area contributed by atoms with Crippen LogP contribution in [0.4, 0.5) is 4.39 Å². The summed E-state index contributed by atoms with van der Waals surface area (Å²) >= 11 is 0. The molecular weight excluding hydrogens is 373 g/mol. The lowest BCUT2D eigenvalue weighted by Gasteiger charge is -2.15. The summed E-state index contributed by atoms with van der Waals surface area (Å²) in [5, 5.41) is 5.12. The number of hydrogen-bond acceptors (Lipinski definition) is 5. The van der Waals surface area contributed by atoms with Crippen molar-refractivity contribution in [3.8, 4) is 16.9 Å². The molecule has 0 unspecified atom stereocenters. The maximum atomic E-state index is 14.8. The van der Waals surface area contributed by atoms with Crippen LogP contribution in [0.3, 0.4) is 0 Å². The normalized spacial score (nSPS) is 12.2. The molecule has 0 aliphatic heterocycles. The number of sulfonamides is 1. The summed E-state index contributed by atoms with van der Waals surface area (Å²) in [6.45, 7) is 2.02. The second-order valence-corrected chi connectivity index (χ2v) is 8.04. The van der Waals surface area contributed by atoms with Crippen molar-refractivity contribution >= 4 is 20.1 Å². The number of nitrogens with two attached hydrogens (primary N) is 1. The van der Waals surface area contributed by atoms with Gasteiger partial charge in [-0.2, -0.15) is 8.42 Å². The molecule has 0 saturated carbocycles. The van der Waals surface area contributed by atoms with Crippen molar-refractivity contribution in [1.82, 2.24) is 0 Å². The van der Waals surface area contributed by atoms with Crippen LogP contribution < -0.4 is 9.88 Å². The third-order valence-electron chi connectivity index (χ3n) is 3.27. The Morgan fingerprint density at radius 2 is 1.68 bits per heavy atom. The number of rotatable bonds is 6. The third-order valence-corrected chi connectivity index (χ3v) is 5.12. The number of ether oxygens (including phenoxy) is 1. The third kappa shape index (κ3) is 4.15.